The van der Waals surface area contributed by atoms with Crippen molar-refractivity contribution in [3.8, 4) is 0 Å². The lowest BCUT2D eigenvalue weighted by atomic mass is 10.1. The fourth-order valence-corrected chi connectivity index (χ4v) is 2.79. The average molecular weight is 265 g/mol. The maximum absolute atomic E-state index is 12.6. The molecule has 0 atom stereocenters. The third-order valence-corrected chi connectivity index (χ3v) is 3.86. The lowest BCUT2D eigenvalue weighted by Crippen LogP contribution is -2.11. The van der Waals surface area contributed by atoms with Crippen LogP contribution < -0.4 is 5.43 Å². The van der Waals surface area contributed by atoms with Crippen molar-refractivity contribution in [2.24, 2.45) is 0 Å². The van der Waals surface area contributed by atoms with Crippen LogP contribution >= 0.6 is 0 Å². The molecule has 0 bridgehead atoms. The van der Waals surface area contributed by atoms with E-state index in [-0.39, 0.29) is 5.43 Å². The van der Waals surface area contributed by atoms with Crippen molar-refractivity contribution in [1.29, 1.82) is 0 Å². The van der Waals surface area contributed by atoms with Gasteiger partial charge in [-0.1, -0.05) is 31.5 Å². The summed E-state index contributed by atoms with van der Waals surface area (Å²) in [4.78, 5) is 12.6. The first kappa shape index (κ1) is 12.9. The SMILES string of the molecule is CCCCn1c2ccccc2c(=O)c2ccc(C)cc21. The van der Waals surface area contributed by atoms with Crippen LogP contribution in [0.3, 0.4) is 0 Å². The van der Waals surface area contributed by atoms with Crippen LogP contribution in [0, 0.1) is 6.92 Å². The normalized spacial score (nSPS) is 11.3. The maximum atomic E-state index is 12.6. The van der Waals surface area contributed by atoms with Crippen LogP contribution in [0.2, 0.25) is 0 Å². The number of unbranched alkanes of at least 4 members (excludes halogenated alkanes) is 1. The number of aryl methyl sites for hydroxylation is 2. The first-order valence-corrected chi connectivity index (χ1v) is 7.24. The summed E-state index contributed by atoms with van der Waals surface area (Å²) in [5.41, 5.74) is 3.44. The molecule has 0 saturated heterocycles. The Hall–Kier alpha value is -2.09. The summed E-state index contributed by atoms with van der Waals surface area (Å²) in [5.74, 6) is 0. The second kappa shape index (κ2) is 5.12. The molecule has 20 heavy (non-hydrogen) atoms. The number of rotatable bonds is 3. The highest BCUT2D eigenvalue weighted by molar-refractivity contribution is 5.93. The average Bonchev–Trinajstić information content (AvgIpc) is 2.47. The Bertz CT molecular complexity index is 830. The molecule has 0 N–H and O–H groups in total. The molecule has 0 fully saturated rings. The zero-order valence-corrected chi connectivity index (χ0v) is 12.0. The van der Waals surface area contributed by atoms with Gasteiger partial charge in [0.15, 0.2) is 5.43 Å². The first-order chi connectivity index (χ1) is 9.72. The summed E-state index contributed by atoms with van der Waals surface area (Å²) in [6, 6.07) is 14.0. The van der Waals surface area contributed by atoms with E-state index in [9.17, 15) is 4.79 Å². The molecule has 0 spiro atoms. The second-order valence-electron chi connectivity index (χ2n) is 5.37. The molecule has 0 aliphatic rings. The van der Waals surface area contributed by atoms with E-state index in [1.54, 1.807) is 0 Å². The van der Waals surface area contributed by atoms with Crippen LogP contribution in [-0.2, 0) is 6.54 Å². The summed E-state index contributed by atoms with van der Waals surface area (Å²) in [6.07, 6.45) is 2.27. The van der Waals surface area contributed by atoms with Gasteiger partial charge in [0.2, 0.25) is 0 Å². The highest BCUT2D eigenvalue weighted by atomic mass is 16.1. The molecule has 0 amide bonds. The number of fused-ring (bicyclic) bond motifs is 2. The number of aromatic nitrogens is 1. The van der Waals surface area contributed by atoms with Crippen LogP contribution in [0.4, 0.5) is 0 Å². The summed E-state index contributed by atoms with van der Waals surface area (Å²) in [7, 11) is 0. The molecular formula is C18H19NO. The van der Waals surface area contributed by atoms with Crippen molar-refractivity contribution in [3.63, 3.8) is 0 Å². The topological polar surface area (TPSA) is 22.0 Å². The molecular weight excluding hydrogens is 246 g/mol. The van der Waals surface area contributed by atoms with Crippen LogP contribution in [-0.4, -0.2) is 4.57 Å². The van der Waals surface area contributed by atoms with E-state index >= 15 is 0 Å². The Morgan fingerprint density at radius 1 is 1.00 bits per heavy atom. The summed E-state index contributed by atoms with van der Waals surface area (Å²) in [5, 5.41) is 1.64. The van der Waals surface area contributed by atoms with E-state index in [4.69, 9.17) is 0 Å². The molecule has 102 valence electrons. The molecule has 0 aliphatic carbocycles. The van der Waals surface area contributed by atoms with Gasteiger partial charge in [-0.3, -0.25) is 4.79 Å². The number of hydrogen-bond acceptors (Lipinski definition) is 1. The minimum absolute atomic E-state index is 0.142. The molecule has 2 nitrogen and oxygen atoms in total. The molecule has 2 aromatic carbocycles. The van der Waals surface area contributed by atoms with E-state index in [0.29, 0.717) is 0 Å². The molecule has 0 aliphatic heterocycles. The minimum atomic E-state index is 0.142. The zero-order valence-electron chi connectivity index (χ0n) is 12.0. The predicted octanol–water partition coefficient (Wildman–Crippen LogP) is 4.26. The van der Waals surface area contributed by atoms with E-state index < -0.39 is 0 Å². The Morgan fingerprint density at radius 2 is 1.75 bits per heavy atom. The largest absolute Gasteiger partial charge is 0.340 e. The molecule has 0 saturated carbocycles. The standard InChI is InChI=1S/C18H19NO/c1-3-4-11-19-16-8-6-5-7-14(16)18(20)15-10-9-13(2)12-17(15)19/h5-10,12H,3-4,11H2,1-2H3. The summed E-state index contributed by atoms with van der Waals surface area (Å²) in [6.45, 7) is 5.22. The quantitative estimate of drug-likeness (QED) is 0.648. The number of hydrogen-bond donors (Lipinski definition) is 0. The van der Waals surface area contributed by atoms with Gasteiger partial charge in [0.25, 0.3) is 0 Å². The van der Waals surface area contributed by atoms with Crippen LogP contribution in [0.1, 0.15) is 25.3 Å². The van der Waals surface area contributed by atoms with Gasteiger partial charge in [0, 0.05) is 17.3 Å². The van der Waals surface area contributed by atoms with Crippen molar-refractivity contribution < 1.29 is 0 Å². The Labute approximate surface area is 118 Å². The van der Waals surface area contributed by atoms with Crippen molar-refractivity contribution in [2.45, 2.75) is 33.2 Å². The summed E-state index contributed by atoms with van der Waals surface area (Å²) >= 11 is 0. The van der Waals surface area contributed by atoms with Crippen LogP contribution in [0.15, 0.2) is 47.3 Å². The highest BCUT2D eigenvalue weighted by Crippen LogP contribution is 2.21. The van der Waals surface area contributed by atoms with Gasteiger partial charge < -0.3 is 4.57 Å². The minimum Gasteiger partial charge on any atom is -0.340 e. The van der Waals surface area contributed by atoms with Gasteiger partial charge in [0.05, 0.1) is 11.0 Å². The van der Waals surface area contributed by atoms with E-state index in [2.05, 4.69) is 24.5 Å². The molecule has 3 aromatic rings. The maximum Gasteiger partial charge on any atom is 0.197 e. The molecule has 0 unspecified atom stereocenters. The summed E-state index contributed by atoms with van der Waals surface area (Å²) < 4.78 is 2.29. The first-order valence-electron chi connectivity index (χ1n) is 7.24. The van der Waals surface area contributed by atoms with Gasteiger partial charge in [-0.2, -0.15) is 0 Å². The third-order valence-electron chi connectivity index (χ3n) is 3.86. The Balaban J connectivity index is 2.47. The number of benzene rings is 2. The molecule has 1 heterocycles. The van der Waals surface area contributed by atoms with Crippen molar-refractivity contribution in [2.75, 3.05) is 0 Å². The van der Waals surface area contributed by atoms with Crippen molar-refractivity contribution in [1.82, 2.24) is 4.57 Å². The lowest BCUT2D eigenvalue weighted by molar-refractivity contribution is 0.662. The fourth-order valence-electron chi connectivity index (χ4n) is 2.79. The van der Waals surface area contributed by atoms with E-state index in [1.165, 1.54) is 5.56 Å². The van der Waals surface area contributed by atoms with Gasteiger partial charge in [-0.05, 0) is 43.2 Å². The van der Waals surface area contributed by atoms with Crippen LogP contribution in [0.5, 0.6) is 0 Å². The Morgan fingerprint density at radius 3 is 2.55 bits per heavy atom. The van der Waals surface area contributed by atoms with Crippen molar-refractivity contribution >= 4 is 21.8 Å². The molecule has 3 rings (SSSR count). The van der Waals surface area contributed by atoms with E-state index in [1.807, 2.05) is 36.4 Å². The fraction of sp³-hybridized carbons (Fsp3) is 0.278. The van der Waals surface area contributed by atoms with Crippen LogP contribution in [0.25, 0.3) is 21.8 Å². The number of pyridine rings is 1. The highest BCUT2D eigenvalue weighted by Gasteiger charge is 2.09. The van der Waals surface area contributed by atoms with Gasteiger partial charge in [-0.25, -0.2) is 0 Å². The predicted molar refractivity (Wildman–Crippen MR) is 85.4 cm³/mol. The number of para-hydroxylation sites is 1. The number of nitrogens with zero attached hydrogens (tertiary/aromatic N) is 1. The van der Waals surface area contributed by atoms with Gasteiger partial charge in [-0.15, -0.1) is 0 Å². The second-order valence-corrected chi connectivity index (χ2v) is 5.37. The Kier molecular flexibility index (Phi) is 3.31. The monoisotopic (exact) mass is 265 g/mol. The molecule has 0 radical (unpaired) electrons. The van der Waals surface area contributed by atoms with E-state index in [0.717, 1.165) is 41.2 Å². The third kappa shape index (κ3) is 2.01. The zero-order chi connectivity index (χ0) is 14.1. The van der Waals surface area contributed by atoms with Gasteiger partial charge >= 0.3 is 0 Å². The van der Waals surface area contributed by atoms with Crippen molar-refractivity contribution in [3.05, 3.63) is 58.3 Å². The smallest absolute Gasteiger partial charge is 0.197 e. The molecule has 1 aromatic heterocycles. The lowest BCUT2D eigenvalue weighted by Gasteiger charge is -2.15. The van der Waals surface area contributed by atoms with Gasteiger partial charge in [0.1, 0.15) is 0 Å². The molecule has 2 heteroatoms.